The Hall–Kier alpha value is -3.78. The summed E-state index contributed by atoms with van der Waals surface area (Å²) in [6.07, 6.45) is 4.52. The van der Waals surface area contributed by atoms with Crippen LogP contribution < -0.4 is 10.2 Å². The molecular formula is C29H29N3O4S. The lowest BCUT2D eigenvalue weighted by molar-refractivity contribution is -0.121. The average molecular weight is 516 g/mol. The van der Waals surface area contributed by atoms with Crippen molar-refractivity contribution >= 4 is 40.9 Å². The molecule has 0 aliphatic carbocycles. The number of hydrogen-bond acceptors (Lipinski definition) is 6. The third-order valence-electron chi connectivity index (χ3n) is 6.68. The molecule has 3 aromatic rings. The van der Waals surface area contributed by atoms with E-state index in [2.05, 4.69) is 34.5 Å². The van der Waals surface area contributed by atoms with Gasteiger partial charge in [-0.1, -0.05) is 36.4 Å². The molecule has 1 N–H and O–H groups in total. The largest absolute Gasteiger partial charge is 0.468 e. The van der Waals surface area contributed by atoms with Crippen molar-refractivity contribution in [3.8, 4) is 0 Å². The van der Waals surface area contributed by atoms with E-state index in [1.807, 2.05) is 18.2 Å². The minimum Gasteiger partial charge on any atom is -0.468 e. The molecule has 0 saturated carbocycles. The third kappa shape index (κ3) is 5.64. The molecule has 0 radical (unpaired) electrons. The highest BCUT2D eigenvalue weighted by atomic mass is 32.2. The summed E-state index contributed by atoms with van der Waals surface area (Å²) in [6, 6.07) is 21.0. The van der Waals surface area contributed by atoms with Gasteiger partial charge in [-0.2, -0.15) is 0 Å². The van der Waals surface area contributed by atoms with Gasteiger partial charge in [-0.25, -0.2) is 4.90 Å². The molecule has 0 spiro atoms. The van der Waals surface area contributed by atoms with Crippen LogP contribution in [0.3, 0.4) is 0 Å². The molecule has 2 aliphatic heterocycles. The molecule has 1 saturated heterocycles. The van der Waals surface area contributed by atoms with Crippen molar-refractivity contribution in [1.29, 1.82) is 0 Å². The van der Waals surface area contributed by atoms with Gasteiger partial charge in [0.05, 0.1) is 17.7 Å². The SMILES string of the molecule is CC(=O)Nc1cccc(N2C(=O)C(SCc3ccco3)=C(N3CCC(Cc4ccccc4)CC3)C2=O)c1. The van der Waals surface area contributed by atoms with E-state index in [0.717, 1.165) is 38.1 Å². The van der Waals surface area contributed by atoms with Gasteiger partial charge in [-0.15, -0.1) is 11.8 Å². The van der Waals surface area contributed by atoms with Gasteiger partial charge in [-0.05, 0) is 61.1 Å². The summed E-state index contributed by atoms with van der Waals surface area (Å²) in [4.78, 5) is 42.7. The molecule has 8 heteroatoms. The molecule has 2 aromatic carbocycles. The first-order valence-corrected chi connectivity index (χ1v) is 13.4. The van der Waals surface area contributed by atoms with Crippen molar-refractivity contribution in [2.24, 2.45) is 5.92 Å². The Bertz CT molecular complexity index is 1310. The van der Waals surface area contributed by atoms with Gasteiger partial charge in [0, 0.05) is 25.7 Å². The molecule has 1 fully saturated rings. The molecule has 0 bridgehead atoms. The maximum Gasteiger partial charge on any atom is 0.283 e. The summed E-state index contributed by atoms with van der Waals surface area (Å²) in [5.41, 5.74) is 2.76. The molecule has 37 heavy (non-hydrogen) atoms. The number of furan rings is 1. The van der Waals surface area contributed by atoms with Crippen LogP contribution in [0.5, 0.6) is 0 Å². The number of hydrogen-bond donors (Lipinski definition) is 1. The zero-order valence-electron chi connectivity index (χ0n) is 20.7. The lowest BCUT2D eigenvalue weighted by Gasteiger charge is -2.34. The number of likely N-dealkylation sites (tertiary alicyclic amines) is 1. The lowest BCUT2D eigenvalue weighted by Crippen LogP contribution is -2.39. The van der Waals surface area contributed by atoms with E-state index in [9.17, 15) is 14.4 Å². The molecular weight excluding hydrogens is 486 g/mol. The maximum atomic E-state index is 13.8. The van der Waals surface area contributed by atoms with Crippen LogP contribution in [0.25, 0.3) is 0 Å². The van der Waals surface area contributed by atoms with E-state index < -0.39 is 0 Å². The number of imide groups is 1. The number of thioether (sulfide) groups is 1. The van der Waals surface area contributed by atoms with E-state index in [1.165, 1.54) is 29.1 Å². The number of anilines is 2. The Morgan fingerprint density at radius 1 is 1.00 bits per heavy atom. The number of rotatable bonds is 8. The number of piperidine rings is 1. The number of nitrogens with zero attached hydrogens (tertiary/aromatic N) is 2. The average Bonchev–Trinajstić information content (AvgIpc) is 3.49. The minimum absolute atomic E-state index is 0.219. The Morgan fingerprint density at radius 3 is 2.49 bits per heavy atom. The zero-order valence-corrected chi connectivity index (χ0v) is 21.5. The summed E-state index contributed by atoms with van der Waals surface area (Å²) in [5, 5.41) is 2.72. The summed E-state index contributed by atoms with van der Waals surface area (Å²) in [5.74, 6) is 0.843. The van der Waals surface area contributed by atoms with Crippen molar-refractivity contribution in [3.63, 3.8) is 0 Å². The van der Waals surface area contributed by atoms with Gasteiger partial charge >= 0.3 is 0 Å². The Labute approximate surface area is 220 Å². The van der Waals surface area contributed by atoms with Crippen molar-refractivity contribution in [2.45, 2.75) is 31.9 Å². The standard InChI is InChI=1S/C29H29N3O4S/c1-20(33)30-23-9-5-10-24(18-23)32-28(34)26(27(29(32)35)37-19-25-11-6-16-36-25)31-14-12-22(13-15-31)17-21-7-3-2-4-8-21/h2-11,16,18,22H,12-15,17,19H2,1H3,(H,30,33). The number of nitrogens with one attached hydrogen (secondary N) is 1. The second-order valence-electron chi connectivity index (χ2n) is 9.34. The number of amides is 3. The minimum atomic E-state index is -0.344. The van der Waals surface area contributed by atoms with Gasteiger partial charge in [0.2, 0.25) is 5.91 Å². The normalized spacial score (nSPS) is 16.6. The summed E-state index contributed by atoms with van der Waals surface area (Å²) in [7, 11) is 0. The summed E-state index contributed by atoms with van der Waals surface area (Å²) < 4.78 is 5.46. The van der Waals surface area contributed by atoms with E-state index in [0.29, 0.717) is 33.6 Å². The Morgan fingerprint density at radius 2 is 1.78 bits per heavy atom. The molecule has 0 unspecified atom stereocenters. The van der Waals surface area contributed by atoms with Gasteiger partial charge in [-0.3, -0.25) is 14.4 Å². The predicted octanol–water partition coefficient (Wildman–Crippen LogP) is 5.21. The molecule has 0 atom stereocenters. The molecule has 190 valence electrons. The monoisotopic (exact) mass is 515 g/mol. The first-order valence-electron chi connectivity index (χ1n) is 12.4. The molecule has 3 amide bonds. The van der Waals surface area contributed by atoms with Crippen LogP contribution >= 0.6 is 11.8 Å². The van der Waals surface area contributed by atoms with E-state index in [4.69, 9.17) is 4.42 Å². The molecule has 3 heterocycles. The van der Waals surface area contributed by atoms with Crippen molar-refractivity contribution in [3.05, 3.63) is 94.9 Å². The van der Waals surface area contributed by atoms with Crippen molar-refractivity contribution in [1.82, 2.24) is 4.90 Å². The maximum absolute atomic E-state index is 13.8. The van der Waals surface area contributed by atoms with Crippen molar-refractivity contribution in [2.75, 3.05) is 23.3 Å². The van der Waals surface area contributed by atoms with Crippen LogP contribution in [0.4, 0.5) is 11.4 Å². The third-order valence-corrected chi connectivity index (χ3v) is 7.77. The Balaban J connectivity index is 1.37. The second-order valence-corrected chi connectivity index (χ2v) is 10.3. The number of carbonyl (C=O) groups excluding carboxylic acids is 3. The fourth-order valence-electron chi connectivity index (χ4n) is 4.91. The van der Waals surface area contributed by atoms with E-state index >= 15 is 0 Å². The van der Waals surface area contributed by atoms with Crippen LogP contribution in [0, 0.1) is 5.92 Å². The lowest BCUT2D eigenvalue weighted by atomic mass is 9.90. The van der Waals surface area contributed by atoms with Crippen LogP contribution in [0.2, 0.25) is 0 Å². The Kier molecular flexibility index (Phi) is 7.46. The smallest absolute Gasteiger partial charge is 0.283 e. The molecule has 5 rings (SSSR count). The van der Waals surface area contributed by atoms with E-state index in [1.54, 1.807) is 30.5 Å². The fourth-order valence-corrected chi connectivity index (χ4v) is 5.93. The molecule has 7 nitrogen and oxygen atoms in total. The van der Waals surface area contributed by atoms with Gasteiger partial charge < -0.3 is 14.6 Å². The second kappa shape index (κ2) is 11.1. The van der Waals surface area contributed by atoms with Crippen LogP contribution in [0.15, 0.2) is 88.0 Å². The molecule has 2 aliphatic rings. The van der Waals surface area contributed by atoms with Crippen LogP contribution in [-0.4, -0.2) is 35.7 Å². The van der Waals surface area contributed by atoms with E-state index in [-0.39, 0.29) is 17.7 Å². The zero-order chi connectivity index (χ0) is 25.8. The quantitative estimate of drug-likeness (QED) is 0.415. The highest BCUT2D eigenvalue weighted by Gasteiger charge is 2.43. The fraction of sp³-hybridized carbons (Fsp3) is 0.276. The highest BCUT2D eigenvalue weighted by molar-refractivity contribution is 8.03. The first-order chi connectivity index (χ1) is 18.0. The van der Waals surface area contributed by atoms with Crippen LogP contribution in [0.1, 0.15) is 31.1 Å². The number of carbonyl (C=O) groups is 3. The van der Waals surface area contributed by atoms with Gasteiger partial charge in [0.1, 0.15) is 16.4 Å². The van der Waals surface area contributed by atoms with Gasteiger partial charge in [0.25, 0.3) is 11.8 Å². The molecule has 1 aromatic heterocycles. The summed E-state index contributed by atoms with van der Waals surface area (Å²) in [6.45, 7) is 2.86. The topological polar surface area (TPSA) is 82.9 Å². The number of benzene rings is 2. The highest BCUT2D eigenvalue weighted by Crippen LogP contribution is 2.38. The first kappa shape index (κ1) is 24.9. The van der Waals surface area contributed by atoms with Crippen molar-refractivity contribution < 1.29 is 18.8 Å². The van der Waals surface area contributed by atoms with Crippen LogP contribution in [-0.2, 0) is 26.6 Å². The predicted molar refractivity (Wildman–Crippen MR) is 145 cm³/mol. The summed E-state index contributed by atoms with van der Waals surface area (Å²) >= 11 is 1.33. The van der Waals surface area contributed by atoms with Gasteiger partial charge in [0.15, 0.2) is 0 Å².